The molecule has 0 saturated carbocycles. The first-order chi connectivity index (χ1) is 11.5. The number of benzene rings is 2. The van der Waals surface area contributed by atoms with Gasteiger partial charge < -0.3 is 5.32 Å². The lowest BCUT2D eigenvalue weighted by molar-refractivity contribution is -0.136. The number of hydrogen-bond donors (Lipinski definition) is 2. The van der Waals surface area contributed by atoms with E-state index in [9.17, 15) is 9.59 Å². The predicted molar refractivity (Wildman–Crippen MR) is 98.8 cm³/mol. The van der Waals surface area contributed by atoms with Gasteiger partial charge in [-0.15, -0.1) is 0 Å². The Morgan fingerprint density at radius 2 is 1.67 bits per heavy atom. The quantitative estimate of drug-likeness (QED) is 0.468. The van der Waals surface area contributed by atoms with E-state index in [0.717, 1.165) is 16.6 Å². The van der Waals surface area contributed by atoms with Crippen molar-refractivity contribution in [1.82, 2.24) is 5.43 Å². The maximum Gasteiger partial charge on any atom is 0.329 e. The van der Waals surface area contributed by atoms with Crippen molar-refractivity contribution in [3.63, 3.8) is 0 Å². The van der Waals surface area contributed by atoms with Crippen molar-refractivity contribution in [2.24, 2.45) is 5.10 Å². The Hall–Kier alpha value is -2.47. The molecule has 2 aromatic carbocycles. The van der Waals surface area contributed by atoms with Gasteiger partial charge in [0.25, 0.3) is 0 Å². The highest BCUT2D eigenvalue weighted by Gasteiger charge is 2.13. The zero-order valence-corrected chi connectivity index (χ0v) is 14.8. The lowest BCUT2D eigenvalue weighted by Crippen LogP contribution is -2.32. The smallest absolute Gasteiger partial charge is 0.318 e. The molecule has 0 aliphatic carbocycles. The Morgan fingerprint density at radius 1 is 1.00 bits per heavy atom. The number of halogens is 1. The van der Waals surface area contributed by atoms with Crippen molar-refractivity contribution in [1.29, 1.82) is 0 Å². The van der Waals surface area contributed by atoms with Gasteiger partial charge in [0.05, 0.1) is 0 Å². The summed E-state index contributed by atoms with van der Waals surface area (Å²) >= 11 is 3.30. The highest BCUT2D eigenvalue weighted by Crippen LogP contribution is 2.13. The minimum absolute atomic E-state index is 0.545. The molecule has 0 fully saturated rings. The number of anilines is 1. The lowest BCUT2D eigenvalue weighted by atomic mass is 10.1. The monoisotopic (exact) mass is 387 g/mol. The van der Waals surface area contributed by atoms with Crippen molar-refractivity contribution in [3.8, 4) is 0 Å². The fraction of sp³-hybridized carbons (Fsp3) is 0.167. The summed E-state index contributed by atoms with van der Waals surface area (Å²) in [6, 6.07) is 17.0. The number of carbonyl (C=O) groups excluding carboxylic acids is 2. The van der Waals surface area contributed by atoms with E-state index in [-0.39, 0.29) is 0 Å². The van der Waals surface area contributed by atoms with Gasteiger partial charge in [0.15, 0.2) is 0 Å². The molecule has 2 amide bonds. The highest BCUT2D eigenvalue weighted by atomic mass is 79.9. The van der Waals surface area contributed by atoms with Crippen LogP contribution in [-0.4, -0.2) is 17.5 Å². The number of hydrogen-bond acceptors (Lipinski definition) is 3. The van der Waals surface area contributed by atoms with Gasteiger partial charge in [-0.05, 0) is 49.6 Å². The van der Waals surface area contributed by atoms with E-state index in [1.807, 2.05) is 37.3 Å². The van der Waals surface area contributed by atoms with Gasteiger partial charge in [-0.25, -0.2) is 5.43 Å². The van der Waals surface area contributed by atoms with Gasteiger partial charge in [0.2, 0.25) is 0 Å². The standard InChI is InChI=1S/C18H18BrN3O2/c1-13(7-8-14-5-3-2-4-6-14)21-22-18(24)17(23)20-16-11-9-15(19)10-12-16/h2-6,9-12H,7-8H2,1H3,(H,20,23)(H,22,24)/b21-13+. The summed E-state index contributed by atoms with van der Waals surface area (Å²) in [6.45, 7) is 1.82. The molecular formula is C18H18BrN3O2. The largest absolute Gasteiger partial charge is 0.329 e. The Bertz CT molecular complexity index is 728. The molecule has 2 aromatic rings. The second kappa shape index (κ2) is 8.98. The lowest BCUT2D eigenvalue weighted by Gasteiger charge is -2.05. The zero-order valence-electron chi connectivity index (χ0n) is 13.3. The summed E-state index contributed by atoms with van der Waals surface area (Å²) < 4.78 is 0.892. The van der Waals surface area contributed by atoms with Gasteiger partial charge in [-0.2, -0.15) is 5.10 Å². The third-order valence-electron chi connectivity index (χ3n) is 3.27. The SMILES string of the molecule is C/C(CCc1ccccc1)=N\NC(=O)C(=O)Nc1ccc(Br)cc1. The van der Waals surface area contributed by atoms with E-state index < -0.39 is 11.8 Å². The maximum atomic E-state index is 11.8. The molecular weight excluding hydrogens is 370 g/mol. The summed E-state index contributed by atoms with van der Waals surface area (Å²) in [7, 11) is 0. The first-order valence-electron chi connectivity index (χ1n) is 7.48. The van der Waals surface area contributed by atoms with Gasteiger partial charge >= 0.3 is 11.8 Å². The molecule has 124 valence electrons. The van der Waals surface area contributed by atoms with Gasteiger partial charge in [-0.3, -0.25) is 9.59 Å². The molecule has 0 atom stereocenters. The van der Waals surface area contributed by atoms with E-state index in [0.29, 0.717) is 12.1 Å². The van der Waals surface area contributed by atoms with Crippen LogP contribution in [0.25, 0.3) is 0 Å². The van der Waals surface area contributed by atoms with Crippen LogP contribution in [0.15, 0.2) is 64.2 Å². The van der Waals surface area contributed by atoms with Crippen LogP contribution in [0.5, 0.6) is 0 Å². The first-order valence-corrected chi connectivity index (χ1v) is 8.28. The molecule has 0 bridgehead atoms. The molecule has 24 heavy (non-hydrogen) atoms. The molecule has 0 aliphatic heterocycles. The summed E-state index contributed by atoms with van der Waals surface area (Å²) in [5.41, 5.74) is 4.78. The maximum absolute atomic E-state index is 11.8. The predicted octanol–water partition coefficient (Wildman–Crippen LogP) is 3.51. The minimum atomic E-state index is -0.794. The van der Waals surface area contributed by atoms with Crippen LogP contribution in [0.1, 0.15) is 18.9 Å². The second-order valence-corrected chi connectivity index (χ2v) is 6.15. The number of hydrazone groups is 1. The molecule has 0 spiro atoms. The third kappa shape index (κ3) is 5.96. The van der Waals surface area contributed by atoms with Crippen molar-refractivity contribution in [2.75, 3.05) is 5.32 Å². The molecule has 6 heteroatoms. The van der Waals surface area contributed by atoms with E-state index in [4.69, 9.17) is 0 Å². The number of nitrogens with zero attached hydrogens (tertiary/aromatic N) is 1. The van der Waals surface area contributed by atoms with Crippen LogP contribution in [0.4, 0.5) is 5.69 Å². The summed E-state index contributed by atoms with van der Waals surface area (Å²) in [5.74, 6) is -1.55. The first kappa shape index (κ1) is 17.9. The van der Waals surface area contributed by atoms with Crippen LogP contribution in [0.3, 0.4) is 0 Å². The fourth-order valence-electron chi connectivity index (χ4n) is 1.94. The average molecular weight is 388 g/mol. The summed E-state index contributed by atoms with van der Waals surface area (Å²) in [6.07, 6.45) is 1.54. The van der Waals surface area contributed by atoms with Crippen LogP contribution < -0.4 is 10.7 Å². The van der Waals surface area contributed by atoms with E-state index in [1.54, 1.807) is 24.3 Å². The molecule has 2 rings (SSSR count). The highest BCUT2D eigenvalue weighted by molar-refractivity contribution is 9.10. The van der Waals surface area contributed by atoms with Crippen LogP contribution in [-0.2, 0) is 16.0 Å². The number of nitrogens with one attached hydrogen (secondary N) is 2. The third-order valence-corrected chi connectivity index (χ3v) is 3.80. The summed E-state index contributed by atoms with van der Waals surface area (Å²) in [5, 5.41) is 6.47. The minimum Gasteiger partial charge on any atom is -0.318 e. The Labute approximate surface area is 149 Å². The Balaban J connectivity index is 1.80. The average Bonchev–Trinajstić information content (AvgIpc) is 2.60. The number of rotatable bonds is 5. The molecule has 0 saturated heterocycles. The topological polar surface area (TPSA) is 70.6 Å². The fourth-order valence-corrected chi connectivity index (χ4v) is 2.21. The van der Waals surface area contributed by atoms with Gasteiger partial charge in [0.1, 0.15) is 0 Å². The van der Waals surface area contributed by atoms with E-state index in [2.05, 4.69) is 31.8 Å². The molecule has 0 aliphatic rings. The number of amides is 2. The molecule has 0 aromatic heterocycles. The summed E-state index contributed by atoms with van der Waals surface area (Å²) in [4.78, 5) is 23.5. The van der Waals surface area contributed by atoms with Crippen molar-refractivity contribution >= 4 is 39.1 Å². The zero-order chi connectivity index (χ0) is 17.4. The number of carbonyl (C=O) groups is 2. The van der Waals surface area contributed by atoms with Crippen LogP contribution in [0.2, 0.25) is 0 Å². The van der Waals surface area contributed by atoms with Crippen LogP contribution >= 0.6 is 15.9 Å². The molecule has 5 nitrogen and oxygen atoms in total. The van der Waals surface area contributed by atoms with Crippen LogP contribution in [0, 0.1) is 0 Å². The van der Waals surface area contributed by atoms with E-state index in [1.165, 1.54) is 5.56 Å². The van der Waals surface area contributed by atoms with Gasteiger partial charge in [0, 0.05) is 15.9 Å². The molecule has 0 unspecified atom stereocenters. The molecule has 2 N–H and O–H groups in total. The van der Waals surface area contributed by atoms with Crippen molar-refractivity contribution < 1.29 is 9.59 Å². The molecule has 0 heterocycles. The Morgan fingerprint density at radius 3 is 2.33 bits per heavy atom. The second-order valence-electron chi connectivity index (χ2n) is 5.23. The van der Waals surface area contributed by atoms with Gasteiger partial charge in [-0.1, -0.05) is 46.3 Å². The Kier molecular flexibility index (Phi) is 6.69. The normalized spacial score (nSPS) is 11.0. The van der Waals surface area contributed by atoms with E-state index >= 15 is 0 Å². The van der Waals surface area contributed by atoms with Crippen molar-refractivity contribution in [3.05, 3.63) is 64.6 Å². The molecule has 0 radical (unpaired) electrons. The van der Waals surface area contributed by atoms with Crippen molar-refractivity contribution in [2.45, 2.75) is 19.8 Å². The number of aryl methyl sites for hydroxylation is 1.